The molecule has 2 atom stereocenters. The van der Waals surface area contributed by atoms with Gasteiger partial charge in [0.1, 0.15) is 16.4 Å². The van der Waals surface area contributed by atoms with Crippen molar-refractivity contribution in [3.8, 4) is 5.75 Å². The molecule has 3 fully saturated rings. The van der Waals surface area contributed by atoms with Gasteiger partial charge in [0.15, 0.2) is 0 Å². The highest BCUT2D eigenvalue weighted by Gasteiger charge is 2.72. The van der Waals surface area contributed by atoms with E-state index in [9.17, 15) is 18.0 Å². The first-order valence-electron chi connectivity index (χ1n) is 13.3. The van der Waals surface area contributed by atoms with Crippen LogP contribution >= 0.6 is 0 Å². The third-order valence-electron chi connectivity index (χ3n) is 9.70. The van der Waals surface area contributed by atoms with Crippen molar-refractivity contribution < 1.29 is 22.7 Å². The lowest BCUT2D eigenvalue weighted by Crippen LogP contribution is -2.43. The lowest BCUT2D eigenvalue weighted by atomic mass is 9.64. The van der Waals surface area contributed by atoms with Crippen molar-refractivity contribution in [1.29, 1.82) is 0 Å². The Morgan fingerprint density at radius 1 is 1.00 bits per heavy atom. The highest BCUT2D eigenvalue weighted by molar-refractivity contribution is 7.93. The average Bonchev–Trinajstić information content (AvgIpc) is 3.20. The molecule has 1 heterocycles. The Balaban J connectivity index is 1.51. The van der Waals surface area contributed by atoms with Crippen LogP contribution < -0.4 is 19.7 Å². The van der Waals surface area contributed by atoms with Crippen LogP contribution in [0, 0.1) is 16.2 Å². The van der Waals surface area contributed by atoms with Crippen molar-refractivity contribution in [2.75, 3.05) is 35.1 Å². The van der Waals surface area contributed by atoms with Gasteiger partial charge in [-0.3, -0.25) is 14.3 Å². The Morgan fingerprint density at radius 2 is 1.71 bits per heavy atom. The Bertz CT molecular complexity index is 1380. The summed E-state index contributed by atoms with van der Waals surface area (Å²) in [5.74, 6) is 0.328. The molecule has 0 aromatic heterocycles. The van der Waals surface area contributed by atoms with Crippen molar-refractivity contribution in [3.05, 3.63) is 42.5 Å². The molecule has 1 aliphatic heterocycles. The van der Waals surface area contributed by atoms with E-state index in [0.717, 1.165) is 32.4 Å². The van der Waals surface area contributed by atoms with Crippen LogP contribution in [-0.2, 0) is 19.6 Å². The molecule has 9 heteroatoms. The normalized spacial score (nSPS) is 26.3. The van der Waals surface area contributed by atoms with Gasteiger partial charge in [0.2, 0.25) is 5.91 Å². The Morgan fingerprint density at radius 3 is 2.34 bits per heavy atom. The molecule has 3 aliphatic rings. The van der Waals surface area contributed by atoms with Crippen molar-refractivity contribution in [3.63, 3.8) is 0 Å². The molecule has 2 aromatic carbocycles. The smallest absolute Gasteiger partial charge is 0.264 e. The summed E-state index contributed by atoms with van der Waals surface area (Å²) < 4.78 is 35.6. The van der Waals surface area contributed by atoms with E-state index in [-0.39, 0.29) is 23.0 Å². The van der Waals surface area contributed by atoms with E-state index in [1.165, 1.54) is 13.2 Å². The first-order chi connectivity index (χ1) is 17.9. The molecule has 2 aliphatic carbocycles. The van der Waals surface area contributed by atoms with E-state index < -0.39 is 26.3 Å². The van der Waals surface area contributed by atoms with Crippen LogP contribution in [0.1, 0.15) is 59.3 Å². The van der Waals surface area contributed by atoms with Gasteiger partial charge in [-0.2, -0.15) is 0 Å². The van der Waals surface area contributed by atoms with E-state index in [1.807, 2.05) is 20.8 Å². The number of nitrogens with zero attached hydrogens (tertiary/aromatic N) is 1. The molecule has 5 rings (SSSR count). The number of Topliss-reactive ketones (excluding diaryl/α,β-unsaturated/α-hetero) is 1. The maximum atomic E-state index is 13.8. The number of fused-ring (bicyclic) bond motifs is 2. The van der Waals surface area contributed by atoms with E-state index >= 15 is 0 Å². The summed E-state index contributed by atoms with van der Waals surface area (Å²) >= 11 is 0. The van der Waals surface area contributed by atoms with Crippen LogP contribution in [0.2, 0.25) is 0 Å². The number of carbonyl (C=O) groups excluding carboxylic acids is 2. The van der Waals surface area contributed by atoms with Gasteiger partial charge in [-0.15, -0.1) is 0 Å². The second-order valence-electron chi connectivity index (χ2n) is 11.6. The Labute approximate surface area is 225 Å². The van der Waals surface area contributed by atoms with Gasteiger partial charge < -0.3 is 15.0 Å². The molecule has 2 aromatic rings. The van der Waals surface area contributed by atoms with Crippen molar-refractivity contribution in [2.24, 2.45) is 16.2 Å². The minimum absolute atomic E-state index is 0.0959. The Kier molecular flexibility index (Phi) is 6.49. The third kappa shape index (κ3) is 3.97. The number of benzene rings is 2. The zero-order valence-corrected chi connectivity index (χ0v) is 23.4. The average molecular weight is 540 g/mol. The van der Waals surface area contributed by atoms with Crippen molar-refractivity contribution >= 4 is 38.8 Å². The Hall–Kier alpha value is -3.07. The molecule has 1 amide bonds. The fraction of sp³-hybridized carbons (Fsp3) is 0.517. The maximum Gasteiger partial charge on any atom is 0.264 e. The maximum absolute atomic E-state index is 13.8. The predicted molar refractivity (Wildman–Crippen MR) is 148 cm³/mol. The van der Waals surface area contributed by atoms with Gasteiger partial charge in [0.05, 0.1) is 23.9 Å². The lowest BCUT2D eigenvalue weighted by molar-refractivity contribution is -0.131. The second-order valence-corrected chi connectivity index (χ2v) is 13.3. The van der Waals surface area contributed by atoms with Crippen LogP contribution in [0.5, 0.6) is 5.75 Å². The van der Waals surface area contributed by atoms with Crippen LogP contribution in [0.4, 0.5) is 17.1 Å². The van der Waals surface area contributed by atoms with Crippen LogP contribution in [-0.4, -0.2) is 40.3 Å². The quantitative estimate of drug-likeness (QED) is 0.501. The molecule has 8 nitrogen and oxygen atoms in total. The number of ether oxygens (including phenoxy) is 1. The van der Waals surface area contributed by atoms with E-state index in [1.54, 1.807) is 36.4 Å². The molecular weight excluding hydrogens is 502 g/mol. The van der Waals surface area contributed by atoms with Gasteiger partial charge in [0, 0.05) is 30.6 Å². The number of para-hydroxylation sites is 2. The third-order valence-corrected chi connectivity index (χ3v) is 11.1. The van der Waals surface area contributed by atoms with E-state index in [2.05, 4.69) is 14.9 Å². The number of ketones is 1. The fourth-order valence-corrected chi connectivity index (χ4v) is 8.07. The van der Waals surface area contributed by atoms with Crippen molar-refractivity contribution in [1.82, 2.24) is 0 Å². The number of carbonyl (C=O) groups is 2. The molecule has 1 saturated heterocycles. The van der Waals surface area contributed by atoms with Gasteiger partial charge in [0.25, 0.3) is 10.0 Å². The van der Waals surface area contributed by atoms with Crippen LogP contribution in [0.25, 0.3) is 0 Å². The van der Waals surface area contributed by atoms with Gasteiger partial charge in [-0.1, -0.05) is 32.9 Å². The standard InChI is InChI=1S/C29H37N3O5S/c1-27(2)28(3)14-15-29(27,19-25(28)33)26(34)30-20-12-13-22(32-16-8-5-9-17-32)24(18-20)38(35,36)31-21-10-6-7-11-23(21)37-4/h6-7,10-13,18,31H,5,8-9,14-17,19H2,1-4H3,(H,30,34). The molecule has 2 N–H and O–H groups in total. The molecule has 0 spiro atoms. The number of hydrogen-bond donors (Lipinski definition) is 2. The number of hydrogen-bond acceptors (Lipinski definition) is 6. The first kappa shape index (κ1) is 26.5. The molecule has 2 bridgehead atoms. The van der Waals surface area contributed by atoms with Gasteiger partial charge in [-0.25, -0.2) is 8.42 Å². The number of amides is 1. The second kappa shape index (κ2) is 9.29. The molecule has 0 radical (unpaired) electrons. The summed E-state index contributed by atoms with van der Waals surface area (Å²) in [4.78, 5) is 28.8. The summed E-state index contributed by atoms with van der Waals surface area (Å²) in [6.45, 7) is 7.52. The van der Waals surface area contributed by atoms with Gasteiger partial charge >= 0.3 is 0 Å². The zero-order chi connectivity index (χ0) is 27.3. The summed E-state index contributed by atoms with van der Waals surface area (Å²) in [5, 5.41) is 3.00. The van der Waals surface area contributed by atoms with Crippen LogP contribution in [0.3, 0.4) is 0 Å². The van der Waals surface area contributed by atoms with Crippen LogP contribution in [0.15, 0.2) is 47.4 Å². The minimum Gasteiger partial charge on any atom is -0.495 e. The highest BCUT2D eigenvalue weighted by Crippen LogP contribution is 2.70. The summed E-state index contributed by atoms with van der Waals surface area (Å²) in [7, 11) is -2.54. The predicted octanol–water partition coefficient (Wildman–Crippen LogP) is 5.21. The van der Waals surface area contributed by atoms with E-state index in [0.29, 0.717) is 35.7 Å². The zero-order valence-electron chi connectivity index (χ0n) is 22.6. The number of rotatable bonds is 7. The highest BCUT2D eigenvalue weighted by atomic mass is 32.2. The fourth-order valence-electron chi connectivity index (χ4n) is 6.74. The number of anilines is 3. The topological polar surface area (TPSA) is 105 Å². The molecule has 2 unspecified atom stereocenters. The molecule has 38 heavy (non-hydrogen) atoms. The number of sulfonamides is 1. The van der Waals surface area contributed by atoms with E-state index in [4.69, 9.17) is 4.74 Å². The first-order valence-corrected chi connectivity index (χ1v) is 14.8. The molecule has 204 valence electrons. The van der Waals surface area contributed by atoms with Crippen molar-refractivity contribution in [2.45, 2.75) is 64.2 Å². The summed E-state index contributed by atoms with van der Waals surface area (Å²) in [6, 6.07) is 11.9. The molecule has 2 saturated carbocycles. The summed E-state index contributed by atoms with van der Waals surface area (Å²) in [6.07, 6.45) is 4.63. The molecular formula is C29H37N3O5S. The minimum atomic E-state index is -4.03. The largest absolute Gasteiger partial charge is 0.495 e. The monoisotopic (exact) mass is 539 g/mol. The number of methoxy groups -OCH3 is 1. The SMILES string of the molecule is COc1ccccc1NS(=O)(=O)c1cc(NC(=O)C23CCC(C)(C(=O)C2)C3(C)C)ccc1N1CCCCC1. The van der Waals surface area contributed by atoms with Gasteiger partial charge in [-0.05, 0) is 67.9 Å². The summed E-state index contributed by atoms with van der Waals surface area (Å²) in [5.41, 5.74) is -0.476. The number of piperidine rings is 1. The lowest BCUT2D eigenvalue weighted by Gasteiger charge is -2.38. The number of nitrogens with one attached hydrogen (secondary N) is 2.